The van der Waals surface area contributed by atoms with Crippen LogP contribution in [-0.2, 0) is 4.79 Å². The zero-order valence-electron chi connectivity index (χ0n) is 8.20. The van der Waals surface area contributed by atoms with Crippen molar-refractivity contribution in [3.63, 3.8) is 0 Å². The van der Waals surface area contributed by atoms with Crippen LogP contribution in [0.25, 0.3) is 0 Å². The molecule has 7 nitrogen and oxygen atoms in total. The fraction of sp³-hybridized carbons (Fsp3) is 0.889. The van der Waals surface area contributed by atoms with Crippen LogP contribution in [0.2, 0.25) is 0 Å². The first-order valence-electron chi connectivity index (χ1n) is 5.42. The van der Waals surface area contributed by atoms with Crippen molar-refractivity contribution < 1.29 is 14.6 Å². The summed E-state index contributed by atoms with van der Waals surface area (Å²) >= 11 is 5.52. The van der Waals surface area contributed by atoms with Gasteiger partial charge >= 0.3 is 0 Å². The van der Waals surface area contributed by atoms with Crippen molar-refractivity contribution in [2.24, 2.45) is 35.0 Å². The standard InChI is InChI=1S/C9H5ClN2O5/c10-6(13)7-4-2-1-3(9(2,7)12(16)17)5(7)8(1,4)11(14)15/h1-5H. The number of hydrogen-bond donors (Lipinski definition) is 0. The molecule has 0 aliphatic heterocycles. The van der Waals surface area contributed by atoms with Gasteiger partial charge in [0, 0.05) is 9.85 Å². The molecule has 8 heteroatoms. The smallest absolute Gasteiger partial charge is 0.244 e. The number of carbonyl (C=O) groups excluding carboxylic acids is 1. The van der Waals surface area contributed by atoms with Crippen molar-refractivity contribution in [2.45, 2.75) is 11.1 Å². The number of nitro groups is 2. The first-order chi connectivity index (χ1) is 7.93. The minimum atomic E-state index is -1.22. The Morgan fingerprint density at radius 3 is 1.94 bits per heavy atom. The lowest BCUT2D eigenvalue weighted by Gasteiger charge is -3.03. The number of halogens is 1. The van der Waals surface area contributed by atoms with E-state index in [1.807, 2.05) is 0 Å². The Balaban J connectivity index is 1.72. The Kier molecular flexibility index (Phi) is 0.870. The van der Waals surface area contributed by atoms with Crippen LogP contribution in [0.15, 0.2) is 0 Å². The zero-order valence-corrected chi connectivity index (χ0v) is 8.96. The van der Waals surface area contributed by atoms with Gasteiger partial charge < -0.3 is 0 Å². The maximum Gasteiger partial charge on any atom is 0.244 e. The van der Waals surface area contributed by atoms with Crippen molar-refractivity contribution in [2.75, 3.05) is 0 Å². The minimum absolute atomic E-state index is 0.157. The van der Waals surface area contributed by atoms with E-state index in [0.717, 1.165) is 0 Å². The van der Waals surface area contributed by atoms with Crippen LogP contribution < -0.4 is 0 Å². The number of carbonyl (C=O) groups is 1. The molecule has 6 rings (SSSR count). The summed E-state index contributed by atoms with van der Waals surface area (Å²) in [4.78, 5) is 33.1. The van der Waals surface area contributed by atoms with Crippen molar-refractivity contribution >= 4 is 16.8 Å². The van der Waals surface area contributed by atoms with Crippen LogP contribution in [0.1, 0.15) is 0 Å². The maximum absolute atomic E-state index is 11.5. The Hall–Kier alpha value is -1.24. The van der Waals surface area contributed by atoms with E-state index in [-0.39, 0.29) is 22.7 Å². The predicted molar refractivity (Wildman–Crippen MR) is 50.2 cm³/mol. The predicted octanol–water partition coefficient (Wildman–Crippen LogP) is -0.0818. The van der Waals surface area contributed by atoms with Gasteiger partial charge in [-0.15, -0.1) is 0 Å². The summed E-state index contributed by atoms with van der Waals surface area (Å²) in [6.45, 7) is 0. The Morgan fingerprint density at radius 2 is 1.59 bits per heavy atom. The van der Waals surface area contributed by atoms with Crippen molar-refractivity contribution in [1.82, 2.24) is 0 Å². The molecule has 0 bridgehead atoms. The van der Waals surface area contributed by atoms with E-state index in [1.165, 1.54) is 0 Å². The van der Waals surface area contributed by atoms with E-state index in [1.54, 1.807) is 0 Å². The molecule has 88 valence electrons. The molecule has 17 heavy (non-hydrogen) atoms. The average Bonchev–Trinajstić information content (AvgIpc) is 2.26. The summed E-state index contributed by atoms with van der Waals surface area (Å²) in [7, 11) is 0. The molecule has 0 aromatic heterocycles. The van der Waals surface area contributed by atoms with Crippen LogP contribution in [0.3, 0.4) is 0 Å². The second kappa shape index (κ2) is 1.68. The third kappa shape index (κ3) is 0.343. The molecule has 0 radical (unpaired) electrons. The van der Waals surface area contributed by atoms with Gasteiger partial charge in [0.25, 0.3) is 0 Å². The van der Waals surface area contributed by atoms with Gasteiger partial charge in [0.15, 0.2) is 0 Å². The van der Waals surface area contributed by atoms with Gasteiger partial charge in [-0.1, -0.05) is 0 Å². The highest BCUT2D eigenvalue weighted by molar-refractivity contribution is 6.65. The molecule has 6 aliphatic rings. The van der Waals surface area contributed by atoms with Gasteiger partial charge in [0.1, 0.15) is 5.41 Å². The van der Waals surface area contributed by atoms with Crippen LogP contribution in [-0.4, -0.2) is 26.2 Å². The molecule has 0 spiro atoms. The summed E-state index contributed by atoms with van der Waals surface area (Å²) in [5, 5.41) is 21.6. The quantitative estimate of drug-likeness (QED) is 0.399. The molecule has 0 heterocycles. The van der Waals surface area contributed by atoms with Gasteiger partial charge in [-0.25, -0.2) is 0 Å². The molecule has 4 atom stereocenters. The monoisotopic (exact) mass is 256 g/mol. The first-order valence-corrected chi connectivity index (χ1v) is 5.80. The highest BCUT2D eigenvalue weighted by atomic mass is 35.5. The zero-order chi connectivity index (χ0) is 12.1. The highest BCUT2D eigenvalue weighted by Crippen LogP contribution is 3.09. The maximum atomic E-state index is 11.5. The third-order valence-electron chi connectivity index (χ3n) is 6.63. The van der Waals surface area contributed by atoms with E-state index >= 15 is 0 Å². The molecule has 6 aliphatic carbocycles. The summed E-state index contributed by atoms with van der Waals surface area (Å²) in [6, 6.07) is 0. The summed E-state index contributed by atoms with van der Waals surface area (Å²) in [6.07, 6.45) is 0. The summed E-state index contributed by atoms with van der Waals surface area (Å²) in [5.74, 6) is -1.60. The van der Waals surface area contributed by atoms with Crippen LogP contribution in [0.5, 0.6) is 0 Å². The molecular weight excluding hydrogens is 252 g/mol. The number of nitrogens with zero attached hydrogens (tertiary/aromatic N) is 2. The largest absolute Gasteiger partial charge is 0.280 e. The SMILES string of the molecule is O=C(Cl)C12C3C4C5C(C1C53[N+](=O)[O-])C42[N+](=O)[O-]. The summed E-state index contributed by atoms with van der Waals surface area (Å²) < 4.78 is 0. The van der Waals surface area contributed by atoms with Crippen molar-refractivity contribution in [3.05, 3.63) is 20.2 Å². The van der Waals surface area contributed by atoms with E-state index < -0.39 is 38.5 Å². The average molecular weight is 257 g/mol. The molecule has 6 fully saturated rings. The van der Waals surface area contributed by atoms with Gasteiger partial charge in [-0.3, -0.25) is 25.0 Å². The van der Waals surface area contributed by atoms with Gasteiger partial charge in [-0.2, -0.15) is 0 Å². The lowest BCUT2D eigenvalue weighted by atomic mass is 8.91. The van der Waals surface area contributed by atoms with E-state index in [0.29, 0.717) is 0 Å². The van der Waals surface area contributed by atoms with Gasteiger partial charge in [0.05, 0.1) is 29.6 Å². The second-order valence-electron chi connectivity index (χ2n) is 5.90. The second-order valence-corrected chi connectivity index (χ2v) is 6.25. The van der Waals surface area contributed by atoms with Crippen LogP contribution in [0.4, 0.5) is 0 Å². The molecule has 4 unspecified atom stereocenters. The fourth-order valence-corrected chi connectivity index (χ4v) is 7.10. The number of hydrogen-bond acceptors (Lipinski definition) is 5. The molecule has 0 amide bonds. The Bertz CT molecular complexity index is 568. The third-order valence-corrected chi connectivity index (χ3v) is 6.94. The highest BCUT2D eigenvalue weighted by Gasteiger charge is 3.27. The van der Waals surface area contributed by atoms with E-state index in [9.17, 15) is 25.0 Å². The van der Waals surface area contributed by atoms with Crippen LogP contribution in [0, 0.1) is 55.2 Å². The molecule has 0 N–H and O–H groups in total. The van der Waals surface area contributed by atoms with Gasteiger partial charge in [0.2, 0.25) is 16.3 Å². The van der Waals surface area contributed by atoms with E-state index in [2.05, 4.69) is 0 Å². The Labute approximate surface area is 98.4 Å². The Morgan fingerprint density at radius 1 is 1.06 bits per heavy atom. The van der Waals surface area contributed by atoms with Crippen LogP contribution >= 0.6 is 11.6 Å². The van der Waals surface area contributed by atoms with Crippen molar-refractivity contribution in [1.29, 1.82) is 0 Å². The number of rotatable bonds is 3. The normalized spacial score (nSPS) is 69.6. The molecule has 6 saturated carbocycles. The summed E-state index contributed by atoms with van der Waals surface area (Å²) in [5.41, 5.74) is -3.42. The molecule has 0 saturated heterocycles. The first kappa shape index (κ1) is 8.79. The molecule has 0 aromatic carbocycles. The van der Waals surface area contributed by atoms with Crippen molar-refractivity contribution in [3.8, 4) is 0 Å². The minimum Gasteiger partial charge on any atom is -0.280 e. The lowest BCUT2D eigenvalue weighted by molar-refractivity contribution is -0.879. The fourth-order valence-electron chi connectivity index (χ4n) is 6.71. The molecule has 0 aromatic rings. The van der Waals surface area contributed by atoms with Gasteiger partial charge in [-0.05, 0) is 11.6 Å². The topological polar surface area (TPSA) is 103 Å². The lowest BCUT2D eigenvalue weighted by Crippen LogP contribution is -3.22. The molecular formula is C9H5ClN2O5. The van der Waals surface area contributed by atoms with E-state index in [4.69, 9.17) is 11.6 Å².